The Balaban J connectivity index is 2.28. The molecular weight excluding hydrogens is 383 g/mol. The molecule has 0 spiro atoms. The number of rotatable bonds is 4. The summed E-state index contributed by atoms with van der Waals surface area (Å²) in [5, 5.41) is 0.0113. The molecule has 2 rings (SSSR count). The Bertz CT molecular complexity index is 763. The van der Waals surface area contributed by atoms with Gasteiger partial charge in [-0.1, -0.05) is 33.6 Å². The minimum absolute atomic E-state index is 0.0113. The van der Waals surface area contributed by atoms with Crippen molar-refractivity contribution in [3.05, 3.63) is 57.3 Å². The highest BCUT2D eigenvalue weighted by Crippen LogP contribution is 2.27. The van der Waals surface area contributed by atoms with Crippen LogP contribution in [0.25, 0.3) is 0 Å². The Hall–Kier alpha value is -1.15. The van der Waals surface area contributed by atoms with Crippen molar-refractivity contribution in [1.29, 1.82) is 0 Å². The maximum Gasteiger partial charge on any atom is 0.244 e. The third-order valence-corrected chi connectivity index (χ3v) is 5.16. The molecule has 4 nitrogen and oxygen atoms in total. The van der Waals surface area contributed by atoms with Crippen LogP contribution in [0.5, 0.6) is 0 Å². The molecule has 2 aromatic rings. The van der Waals surface area contributed by atoms with E-state index in [4.69, 9.17) is 17.3 Å². The first kappa shape index (κ1) is 16.2. The summed E-state index contributed by atoms with van der Waals surface area (Å²) in [6.07, 6.45) is 0. The molecule has 0 saturated heterocycles. The Morgan fingerprint density at radius 1 is 1.29 bits per heavy atom. The molecule has 0 aliphatic rings. The first-order chi connectivity index (χ1) is 9.81. The lowest BCUT2D eigenvalue weighted by molar-refractivity contribution is 0.574. The number of halogens is 3. The molecule has 0 saturated carbocycles. The average molecular weight is 394 g/mol. The smallest absolute Gasteiger partial charge is 0.244 e. The first-order valence-electron chi connectivity index (χ1n) is 5.79. The Morgan fingerprint density at radius 3 is 2.67 bits per heavy atom. The molecule has 2 aromatic carbocycles. The average Bonchev–Trinajstić information content (AvgIpc) is 2.39. The van der Waals surface area contributed by atoms with Crippen LogP contribution in [0.3, 0.4) is 0 Å². The molecule has 0 amide bonds. The van der Waals surface area contributed by atoms with Gasteiger partial charge in [0.2, 0.25) is 10.0 Å². The van der Waals surface area contributed by atoms with E-state index in [2.05, 4.69) is 20.7 Å². The van der Waals surface area contributed by atoms with Crippen LogP contribution in [-0.4, -0.2) is 8.42 Å². The van der Waals surface area contributed by atoms with Crippen molar-refractivity contribution in [2.75, 3.05) is 5.73 Å². The van der Waals surface area contributed by atoms with Crippen molar-refractivity contribution in [3.63, 3.8) is 0 Å². The molecule has 0 aromatic heterocycles. The number of nitrogen functional groups attached to an aromatic ring is 1. The lowest BCUT2D eigenvalue weighted by Crippen LogP contribution is -2.25. The quantitative estimate of drug-likeness (QED) is 0.783. The van der Waals surface area contributed by atoms with Gasteiger partial charge in [-0.05, 0) is 30.3 Å². The second kappa shape index (κ2) is 6.31. The van der Waals surface area contributed by atoms with Crippen LogP contribution in [0, 0.1) is 5.82 Å². The molecule has 0 heterocycles. The summed E-state index contributed by atoms with van der Waals surface area (Å²) in [5.74, 6) is -0.506. The summed E-state index contributed by atoms with van der Waals surface area (Å²) in [6, 6.07) is 8.67. The van der Waals surface area contributed by atoms with E-state index in [1.807, 2.05) is 0 Å². The van der Waals surface area contributed by atoms with E-state index in [1.165, 1.54) is 30.3 Å². The van der Waals surface area contributed by atoms with E-state index in [-0.39, 0.29) is 27.7 Å². The van der Waals surface area contributed by atoms with Gasteiger partial charge in [-0.3, -0.25) is 0 Å². The fraction of sp³-hybridized carbons (Fsp3) is 0.0769. The maximum absolute atomic E-state index is 13.6. The van der Waals surface area contributed by atoms with Crippen molar-refractivity contribution in [1.82, 2.24) is 4.72 Å². The van der Waals surface area contributed by atoms with Crippen molar-refractivity contribution >= 4 is 43.2 Å². The number of sulfonamides is 1. The Kier molecular flexibility index (Phi) is 4.88. The summed E-state index contributed by atoms with van der Waals surface area (Å²) in [6.45, 7) is -0.210. The van der Waals surface area contributed by atoms with E-state index in [9.17, 15) is 12.8 Å². The van der Waals surface area contributed by atoms with E-state index >= 15 is 0 Å². The molecular formula is C13H11BrClFN2O2S. The van der Waals surface area contributed by atoms with Gasteiger partial charge in [0.25, 0.3) is 0 Å². The van der Waals surface area contributed by atoms with Gasteiger partial charge >= 0.3 is 0 Å². The van der Waals surface area contributed by atoms with Gasteiger partial charge in [0.15, 0.2) is 0 Å². The van der Waals surface area contributed by atoms with Crippen LogP contribution in [0.15, 0.2) is 45.8 Å². The van der Waals surface area contributed by atoms with E-state index in [0.717, 1.165) is 0 Å². The fourth-order valence-corrected chi connectivity index (χ4v) is 3.82. The molecule has 0 fully saturated rings. The topological polar surface area (TPSA) is 72.2 Å². The van der Waals surface area contributed by atoms with Crippen LogP contribution in [0.1, 0.15) is 5.56 Å². The summed E-state index contributed by atoms with van der Waals surface area (Å²) in [4.78, 5) is -0.206. The largest absolute Gasteiger partial charge is 0.398 e. The number of benzene rings is 2. The molecule has 0 atom stereocenters. The number of hydrogen-bond donors (Lipinski definition) is 2. The summed E-state index contributed by atoms with van der Waals surface area (Å²) in [7, 11) is -3.94. The van der Waals surface area contributed by atoms with Gasteiger partial charge in [0, 0.05) is 16.6 Å². The van der Waals surface area contributed by atoms with Crippen molar-refractivity contribution in [2.45, 2.75) is 11.4 Å². The highest BCUT2D eigenvalue weighted by molar-refractivity contribution is 9.10. The minimum Gasteiger partial charge on any atom is -0.398 e. The van der Waals surface area contributed by atoms with Crippen LogP contribution in [0.2, 0.25) is 5.02 Å². The minimum atomic E-state index is -3.94. The zero-order chi connectivity index (χ0) is 15.6. The standard InChI is InChI=1S/C13H11BrClFN2O2S/c14-9-4-5-11(16)8(6-9)7-18-21(19,20)13-10(15)2-1-3-12(13)17/h1-6,18H,7,17H2. The monoisotopic (exact) mass is 392 g/mol. The number of nitrogens with one attached hydrogen (secondary N) is 1. The van der Waals surface area contributed by atoms with Crippen LogP contribution in [-0.2, 0) is 16.6 Å². The van der Waals surface area contributed by atoms with Crippen molar-refractivity contribution in [3.8, 4) is 0 Å². The summed E-state index contributed by atoms with van der Waals surface area (Å²) in [5.41, 5.74) is 5.88. The van der Waals surface area contributed by atoms with Gasteiger partial charge in [0.05, 0.1) is 10.7 Å². The third kappa shape index (κ3) is 3.74. The van der Waals surface area contributed by atoms with Crippen LogP contribution < -0.4 is 10.5 Å². The van der Waals surface area contributed by atoms with E-state index in [0.29, 0.717) is 4.47 Å². The van der Waals surface area contributed by atoms with Gasteiger partial charge in [0.1, 0.15) is 10.7 Å². The fourth-order valence-electron chi connectivity index (χ4n) is 1.73. The molecule has 0 bridgehead atoms. The SMILES string of the molecule is Nc1cccc(Cl)c1S(=O)(=O)NCc1cc(Br)ccc1F. The second-order valence-corrected chi connectivity index (χ2v) is 7.25. The summed E-state index contributed by atoms with van der Waals surface area (Å²) < 4.78 is 41.0. The van der Waals surface area contributed by atoms with E-state index in [1.54, 1.807) is 6.07 Å². The molecule has 21 heavy (non-hydrogen) atoms. The van der Waals surface area contributed by atoms with Crippen LogP contribution >= 0.6 is 27.5 Å². The second-order valence-electron chi connectivity index (χ2n) is 4.22. The zero-order valence-corrected chi connectivity index (χ0v) is 13.8. The highest BCUT2D eigenvalue weighted by Gasteiger charge is 2.21. The maximum atomic E-state index is 13.6. The normalized spacial score (nSPS) is 11.6. The van der Waals surface area contributed by atoms with Crippen LogP contribution in [0.4, 0.5) is 10.1 Å². The lowest BCUT2D eigenvalue weighted by Gasteiger charge is -2.11. The van der Waals surface area contributed by atoms with Gasteiger partial charge in [-0.2, -0.15) is 0 Å². The lowest BCUT2D eigenvalue weighted by atomic mass is 10.2. The molecule has 0 aliphatic carbocycles. The molecule has 3 N–H and O–H groups in total. The third-order valence-electron chi connectivity index (χ3n) is 2.73. The first-order valence-corrected chi connectivity index (χ1v) is 8.44. The Labute approximate surface area is 135 Å². The van der Waals surface area contributed by atoms with Crippen molar-refractivity contribution < 1.29 is 12.8 Å². The summed E-state index contributed by atoms with van der Waals surface area (Å²) >= 11 is 9.07. The number of anilines is 1. The number of nitrogens with two attached hydrogens (primary N) is 1. The van der Waals surface area contributed by atoms with Gasteiger partial charge in [-0.25, -0.2) is 17.5 Å². The highest BCUT2D eigenvalue weighted by atomic mass is 79.9. The Morgan fingerprint density at radius 2 is 2.00 bits per heavy atom. The van der Waals surface area contributed by atoms with E-state index < -0.39 is 15.8 Å². The predicted molar refractivity (Wildman–Crippen MR) is 84.0 cm³/mol. The molecule has 0 unspecified atom stereocenters. The number of hydrogen-bond acceptors (Lipinski definition) is 3. The molecule has 0 aliphatic heterocycles. The van der Waals surface area contributed by atoms with Gasteiger partial charge < -0.3 is 5.73 Å². The molecule has 112 valence electrons. The zero-order valence-electron chi connectivity index (χ0n) is 10.6. The predicted octanol–water partition coefficient (Wildman–Crippen LogP) is 3.30. The van der Waals surface area contributed by atoms with Gasteiger partial charge in [-0.15, -0.1) is 0 Å². The molecule has 8 heteroatoms. The van der Waals surface area contributed by atoms with Crippen molar-refractivity contribution in [2.24, 2.45) is 0 Å². The molecule has 0 radical (unpaired) electrons.